The van der Waals surface area contributed by atoms with E-state index in [1.165, 1.54) is 0 Å². The predicted octanol–water partition coefficient (Wildman–Crippen LogP) is 1.18. The number of halogens is 2. The highest BCUT2D eigenvalue weighted by Crippen LogP contribution is 2.31. The van der Waals surface area contributed by atoms with Crippen molar-refractivity contribution in [2.24, 2.45) is 0 Å². The van der Waals surface area contributed by atoms with Gasteiger partial charge in [-0.25, -0.2) is 14.0 Å². The van der Waals surface area contributed by atoms with E-state index >= 15 is 0 Å². The number of nitro groups is 1. The Labute approximate surface area is 85.6 Å². The standard InChI is InChI=1S/C8HF2NO5/c9-2-1-3(11(14)15)6(10)5-4(2)7(12)16-8(5)13/h1H. The van der Waals surface area contributed by atoms with Crippen molar-refractivity contribution in [3.05, 3.63) is 38.9 Å². The maximum Gasteiger partial charge on any atom is 0.350 e. The predicted molar refractivity (Wildman–Crippen MR) is 42.8 cm³/mol. The summed E-state index contributed by atoms with van der Waals surface area (Å²) in [6, 6.07) is 0.230. The number of hydrogen-bond donors (Lipinski definition) is 0. The summed E-state index contributed by atoms with van der Waals surface area (Å²) in [5.41, 5.74) is -3.16. The van der Waals surface area contributed by atoms with E-state index in [0.717, 1.165) is 0 Å². The van der Waals surface area contributed by atoms with Crippen LogP contribution in [0, 0.1) is 21.7 Å². The molecule has 1 aliphatic rings. The summed E-state index contributed by atoms with van der Waals surface area (Å²) in [6.07, 6.45) is 0. The molecule has 0 aromatic heterocycles. The quantitative estimate of drug-likeness (QED) is 0.312. The van der Waals surface area contributed by atoms with E-state index in [4.69, 9.17) is 0 Å². The molecule has 2 rings (SSSR count). The van der Waals surface area contributed by atoms with Gasteiger partial charge in [0.15, 0.2) is 0 Å². The molecule has 16 heavy (non-hydrogen) atoms. The van der Waals surface area contributed by atoms with Crippen LogP contribution in [0.25, 0.3) is 0 Å². The number of hydrogen-bond acceptors (Lipinski definition) is 5. The highest BCUT2D eigenvalue weighted by molar-refractivity contribution is 6.15. The van der Waals surface area contributed by atoms with Gasteiger partial charge in [-0.3, -0.25) is 10.1 Å². The summed E-state index contributed by atoms with van der Waals surface area (Å²) < 4.78 is 30.5. The number of ether oxygens (including phenoxy) is 1. The average molecular weight is 229 g/mol. The van der Waals surface area contributed by atoms with Crippen LogP contribution in [-0.2, 0) is 4.74 Å². The number of nitro benzene ring substituents is 1. The fourth-order valence-corrected chi connectivity index (χ4v) is 1.32. The van der Waals surface area contributed by atoms with E-state index in [9.17, 15) is 28.5 Å². The molecule has 0 bridgehead atoms. The molecular weight excluding hydrogens is 228 g/mol. The van der Waals surface area contributed by atoms with Gasteiger partial charge < -0.3 is 4.74 Å². The number of nitrogens with zero attached hydrogens (tertiary/aromatic N) is 1. The van der Waals surface area contributed by atoms with Crippen molar-refractivity contribution in [2.45, 2.75) is 0 Å². The monoisotopic (exact) mass is 229 g/mol. The van der Waals surface area contributed by atoms with E-state index in [1.54, 1.807) is 0 Å². The van der Waals surface area contributed by atoms with Crippen LogP contribution in [-0.4, -0.2) is 16.9 Å². The van der Waals surface area contributed by atoms with E-state index in [0.29, 0.717) is 0 Å². The Bertz CT molecular complexity index is 554. The molecule has 1 aliphatic heterocycles. The lowest BCUT2D eigenvalue weighted by molar-refractivity contribution is -0.387. The lowest BCUT2D eigenvalue weighted by Gasteiger charge is -1.98. The molecule has 0 atom stereocenters. The fourth-order valence-electron chi connectivity index (χ4n) is 1.32. The maximum absolute atomic E-state index is 13.4. The first-order valence-corrected chi connectivity index (χ1v) is 3.86. The highest BCUT2D eigenvalue weighted by atomic mass is 19.1. The molecule has 0 spiro atoms. The third-order valence-corrected chi connectivity index (χ3v) is 1.99. The van der Waals surface area contributed by atoms with Crippen LogP contribution < -0.4 is 0 Å². The third kappa shape index (κ3) is 1.16. The van der Waals surface area contributed by atoms with Crippen molar-refractivity contribution < 1.29 is 28.0 Å². The third-order valence-electron chi connectivity index (χ3n) is 1.99. The Balaban J connectivity index is 2.84. The average Bonchev–Trinajstić information content (AvgIpc) is 2.48. The molecular formula is C8HF2NO5. The molecule has 1 aromatic carbocycles. The molecule has 0 saturated heterocycles. The van der Waals surface area contributed by atoms with Gasteiger partial charge in [0.2, 0.25) is 5.82 Å². The van der Waals surface area contributed by atoms with Crippen LogP contribution in [0.3, 0.4) is 0 Å². The molecule has 8 heteroatoms. The minimum atomic E-state index is -1.57. The van der Waals surface area contributed by atoms with Crippen LogP contribution in [0.1, 0.15) is 20.7 Å². The molecule has 1 heterocycles. The topological polar surface area (TPSA) is 86.5 Å². The van der Waals surface area contributed by atoms with Gasteiger partial charge in [0.1, 0.15) is 16.9 Å². The summed E-state index contributed by atoms with van der Waals surface area (Å²) in [7, 11) is 0. The number of carbonyl (C=O) groups excluding carboxylic acids is 2. The van der Waals surface area contributed by atoms with E-state index in [-0.39, 0.29) is 6.07 Å². The lowest BCUT2D eigenvalue weighted by atomic mass is 10.1. The number of benzene rings is 1. The van der Waals surface area contributed by atoms with E-state index in [2.05, 4.69) is 4.74 Å². The number of rotatable bonds is 1. The van der Waals surface area contributed by atoms with E-state index < -0.39 is 45.3 Å². The van der Waals surface area contributed by atoms with Crippen molar-refractivity contribution in [1.29, 1.82) is 0 Å². The largest absolute Gasteiger partial charge is 0.385 e. The van der Waals surface area contributed by atoms with Gasteiger partial charge in [-0.2, -0.15) is 4.39 Å². The van der Waals surface area contributed by atoms with Crippen LogP contribution in [0.15, 0.2) is 6.07 Å². The minimum Gasteiger partial charge on any atom is -0.385 e. The fraction of sp³-hybridized carbons (Fsp3) is 0. The summed E-state index contributed by atoms with van der Waals surface area (Å²) >= 11 is 0. The smallest absolute Gasteiger partial charge is 0.350 e. The van der Waals surface area contributed by atoms with Crippen molar-refractivity contribution >= 4 is 17.6 Å². The van der Waals surface area contributed by atoms with Gasteiger partial charge in [0.05, 0.1) is 11.0 Å². The SMILES string of the molecule is O=C1OC(=O)c2c(F)c([N+](=O)[O-])cc(F)c21. The Morgan fingerprint density at radius 3 is 2.31 bits per heavy atom. The molecule has 1 aromatic rings. The minimum absolute atomic E-state index is 0.230. The summed E-state index contributed by atoms with van der Waals surface area (Å²) in [5.74, 6) is -5.72. The Kier molecular flexibility index (Phi) is 1.94. The van der Waals surface area contributed by atoms with Crippen molar-refractivity contribution in [3.8, 4) is 0 Å². The van der Waals surface area contributed by atoms with Gasteiger partial charge >= 0.3 is 17.6 Å². The Hall–Kier alpha value is -2.38. The van der Waals surface area contributed by atoms with Crippen LogP contribution in [0.2, 0.25) is 0 Å². The van der Waals surface area contributed by atoms with Gasteiger partial charge in [-0.1, -0.05) is 0 Å². The maximum atomic E-state index is 13.4. The molecule has 0 fully saturated rings. The second kappa shape index (κ2) is 3.05. The molecule has 0 unspecified atom stereocenters. The van der Waals surface area contributed by atoms with E-state index in [1.807, 2.05) is 0 Å². The zero-order valence-corrected chi connectivity index (χ0v) is 7.32. The first-order valence-electron chi connectivity index (χ1n) is 3.86. The number of carbonyl (C=O) groups is 2. The second-order valence-electron chi connectivity index (χ2n) is 2.88. The molecule has 0 aliphatic carbocycles. The highest BCUT2D eigenvalue weighted by Gasteiger charge is 2.40. The van der Waals surface area contributed by atoms with Crippen molar-refractivity contribution in [1.82, 2.24) is 0 Å². The van der Waals surface area contributed by atoms with Crippen molar-refractivity contribution in [2.75, 3.05) is 0 Å². The zero-order chi connectivity index (χ0) is 12.0. The molecule has 0 amide bonds. The zero-order valence-electron chi connectivity index (χ0n) is 7.32. The Morgan fingerprint density at radius 1 is 1.19 bits per heavy atom. The molecule has 0 N–H and O–H groups in total. The first-order chi connectivity index (χ1) is 7.43. The molecule has 82 valence electrons. The molecule has 0 radical (unpaired) electrons. The summed E-state index contributed by atoms with van der Waals surface area (Å²) in [4.78, 5) is 31.0. The van der Waals surface area contributed by atoms with Crippen LogP contribution in [0.5, 0.6) is 0 Å². The first kappa shape index (κ1) is 10.1. The molecule has 0 saturated carbocycles. The van der Waals surface area contributed by atoms with Gasteiger partial charge in [-0.15, -0.1) is 0 Å². The van der Waals surface area contributed by atoms with Crippen molar-refractivity contribution in [3.63, 3.8) is 0 Å². The lowest BCUT2D eigenvalue weighted by Crippen LogP contribution is -2.04. The number of esters is 2. The summed E-state index contributed by atoms with van der Waals surface area (Å²) in [5, 5.41) is 10.3. The number of fused-ring (bicyclic) bond motifs is 1. The molecule has 6 nitrogen and oxygen atoms in total. The van der Waals surface area contributed by atoms with Crippen LogP contribution in [0.4, 0.5) is 14.5 Å². The van der Waals surface area contributed by atoms with Gasteiger partial charge in [-0.05, 0) is 0 Å². The van der Waals surface area contributed by atoms with Gasteiger partial charge in [0, 0.05) is 0 Å². The second-order valence-corrected chi connectivity index (χ2v) is 2.88. The number of cyclic esters (lactones) is 2. The van der Waals surface area contributed by atoms with Crippen LogP contribution >= 0.6 is 0 Å². The Morgan fingerprint density at radius 2 is 1.75 bits per heavy atom. The normalized spacial score (nSPS) is 13.6. The summed E-state index contributed by atoms with van der Waals surface area (Å²) in [6.45, 7) is 0. The van der Waals surface area contributed by atoms with Gasteiger partial charge in [0.25, 0.3) is 0 Å².